The molecule has 0 unspecified atom stereocenters. The molecule has 4 rings (SSSR count). The molecule has 0 fully saturated rings. The van der Waals surface area contributed by atoms with Gasteiger partial charge in [0.15, 0.2) is 11.7 Å². The molecule has 0 bridgehead atoms. The van der Waals surface area contributed by atoms with Crippen molar-refractivity contribution in [1.29, 1.82) is 0 Å². The number of halogens is 1. The standard InChI is InChI=1S/C23H24ClN2O2/c1-3-28-20-12-8-18(9-13-20)23(27)16(2)26-15-21(25-14-4-5-22(25)26)17-6-10-19(24)11-7-17/h6-13,15-16H,3-5,14H2,1-2H3/q+1/t16-/m1/s1. The summed E-state index contributed by atoms with van der Waals surface area (Å²) in [5.74, 6) is 2.10. The van der Waals surface area contributed by atoms with Gasteiger partial charge in [0.2, 0.25) is 5.78 Å². The lowest BCUT2D eigenvalue weighted by atomic mass is 10.0. The zero-order chi connectivity index (χ0) is 19.7. The molecule has 3 aromatic rings. The van der Waals surface area contributed by atoms with Crippen LogP contribution in [0.25, 0.3) is 11.3 Å². The van der Waals surface area contributed by atoms with Crippen LogP contribution in [0.5, 0.6) is 5.75 Å². The molecule has 5 heteroatoms. The van der Waals surface area contributed by atoms with Gasteiger partial charge in [-0.15, -0.1) is 0 Å². The topological polar surface area (TPSA) is 35.1 Å². The first-order valence-corrected chi connectivity index (χ1v) is 10.1. The molecule has 1 aromatic heterocycles. The predicted molar refractivity (Wildman–Crippen MR) is 110 cm³/mol. The van der Waals surface area contributed by atoms with Crippen molar-refractivity contribution in [3.63, 3.8) is 0 Å². The van der Waals surface area contributed by atoms with Gasteiger partial charge >= 0.3 is 0 Å². The fraction of sp³-hybridized carbons (Fsp3) is 0.304. The molecule has 0 N–H and O–H groups in total. The SMILES string of the molecule is CCOc1ccc(C(=O)[C@@H](C)[n+]2cc(-c3ccc(Cl)cc3)n3c2CCC3)cc1. The lowest BCUT2D eigenvalue weighted by molar-refractivity contribution is -0.710. The first kappa shape index (κ1) is 18.8. The average Bonchev–Trinajstić information content (AvgIpc) is 3.31. The smallest absolute Gasteiger partial charge is 0.257 e. The van der Waals surface area contributed by atoms with Crippen LogP contribution >= 0.6 is 11.6 Å². The molecule has 0 saturated carbocycles. The van der Waals surface area contributed by atoms with Crippen molar-refractivity contribution in [1.82, 2.24) is 4.57 Å². The van der Waals surface area contributed by atoms with E-state index in [-0.39, 0.29) is 11.8 Å². The Bertz CT molecular complexity index is 991. The number of benzene rings is 2. The fourth-order valence-corrected chi connectivity index (χ4v) is 4.03. The number of ketones is 1. The van der Waals surface area contributed by atoms with Crippen molar-refractivity contribution >= 4 is 17.4 Å². The molecule has 0 spiro atoms. The quantitative estimate of drug-likeness (QED) is 0.440. The number of hydrogen-bond donors (Lipinski definition) is 0. The van der Waals surface area contributed by atoms with E-state index in [1.807, 2.05) is 62.4 Å². The molecular formula is C23H24ClN2O2+. The molecule has 0 radical (unpaired) electrons. The van der Waals surface area contributed by atoms with E-state index in [1.54, 1.807) is 0 Å². The number of Topliss-reactive ketones (excluding diaryl/α,β-unsaturated/α-hetero) is 1. The van der Waals surface area contributed by atoms with Gasteiger partial charge in [-0.05, 0) is 68.8 Å². The largest absolute Gasteiger partial charge is 0.494 e. The Balaban J connectivity index is 1.66. The van der Waals surface area contributed by atoms with Crippen LogP contribution in [-0.2, 0) is 13.0 Å². The molecule has 144 valence electrons. The lowest BCUT2D eigenvalue weighted by Crippen LogP contribution is -2.44. The van der Waals surface area contributed by atoms with Crippen molar-refractivity contribution in [3.05, 3.63) is 71.1 Å². The van der Waals surface area contributed by atoms with Crippen molar-refractivity contribution in [3.8, 4) is 17.0 Å². The second-order valence-electron chi connectivity index (χ2n) is 7.10. The Hall–Kier alpha value is -2.59. The van der Waals surface area contributed by atoms with Gasteiger partial charge in [-0.2, -0.15) is 0 Å². The molecule has 1 aliphatic heterocycles. The number of hydrogen-bond acceptors (Lipinski definition) is 2. The van der Waals surface area contributed by atoms with Crippen LogP contribution in [0, 0.1) is 0 Å². The Labute approximate surface area is 170 Å². The first-order valence-electron chi connectivity index (χ1n) is 9.75. The Morgan fingerprint density at radius 1 is 1.18 bits per heavy atom. The summed E-state index contributed by atoms with van der Waals surface area (Å²) in [6.07, 6.45) is 4.18. The summed E-state index contributed by atoms with van der Waals surface area (Å²) in [5.41, 5.74) is 2.96. The first-order chi connectivity index (χ1) is 13.6. The van der Waals surface area contributed by atoms with E-state index in [0.717, 1.165) is 41.4 Å². The molecule has 0 saturated heterocycles. The molecular weight excluding hydrogens is 372 g/mol. The van der Waals surface area contributed by atoms with Crippen molar-refractivity contribution in [2.75, 3.05) is 6.61 Å². The van der Waals surface area contributed by atoms with Crippen LogP contribution in [-0.4, -0.2) is 17.0 Å². The molecule has 4 nitrogen and oxygen atoms in total. The Morgan fingerprint density at radius 2 is 1.89 bits per heavy atom. The van der Waals surface area contributed by atoms with Gasteiger partial charge in [-0.1, -0.05) is 11.6 Å². The Morgan fingerprint density at radius 3 is 2.57 bits per heavy atom. The molecule has 1 atom stereocenters. The summed E-state index contributed by atoms with van der Waals surface area (Å²) >= 11 is 6.05. The molecule has 0 aliphatic carbocycles. The van der Waals surface area contributed by atoms with Gasteiger partial charge in [0, 0.05) is 16.1 Å². The third kappa shape index (κ3) is 3.45. The number of carbonyl (C=O) groups is 1. The van der Waals surface area contributed by atoms with Gasteiger partial charge in [0.25, 0.3) is 5.82 Å². The van der Waals surface area contributed by atoms with Gasteiger partial charge in [0.05, 0.1) is 19.6 Å². The maximum absolute atomic E-state index is 13.1. The zero-order valence-corrected chi connectivity index (χ0v) is 16.9. The van der Waals surface area contributed by atoms with E-state index >= 15 is 0 Å². The summed E-state index contributed by atoms with van der Waals surface area (Å²) in [5, 5.41) is 0.726. The molecule has 1 aliphatic rings. The number of fused-ring (bicyclic) bond motifs is 1. The van der Waals surface area contributed by atoms with E-state index in [0.29, 0.717) is 12.2 Å². The minimum Gasteiger partial charge on any atom is -0.494 e. The molecule has 0 amide bonds. The van der Waals surface area contributed by atoms with E-state index in [2.05, 4.69) is 15.3 Å². The van der Waals surface area contributed by atoms with Crippen LogP contribution in [0.4, 0.5) is 0 Å². The third-order valence-corrected chi connectivity index (χ3v) is 5.58. The zero-order valence-electron chi connectivity index (χ0n) is 16.2. The van der Waals surface area contributed by atoms with Gasteiger partial charge in [0.1, 0.15) is 11.9 Å². The highest BCUT2D eigenvalue weighted by atomic mass is 35.5. The highest BCUT2D eigenvalue weighted by Crippen LogP contribution is 2.27. The van der Waals surface area contributed by atoms with Crippen LogP contribution in [0.3, 0.4) is 0 Å². The fourth-order valence-electron chi connectivity index (χ4n) is 3.90. The summed E-state index contributed by atoms with van der Waals surface area (Å²) in [6, 6.07) is 15.0. The summed E-state index contributed by atoms with van der Waals surface area (Å²) in [7, 11) is 0. The number of nitrogens with zero attached hydrogens (tertiary/aromatic N) is 2. The third-order valence-electron chi connectivity index (χ3n) is 5.33. The van der Waals surface area contributed by atoms with Gasteiger partial charge in [-0.3, -0.25) is 4.79 Å². The summed E-state index contributed by atoms with van der Waals surface area (Å²) < 4.78 is 9.94. The lowest BCUT2D eigenvalue weighted by Gasteiger charge is -2.10. The number of carbonyl (C=O) groups excluding carboxylic acids is 1. The van der Waals surface area contributed by atoms with Crippen LogP contribution < -0.4 is 9.30 Å². The van der Waals surface area contributed by atoms with Crippen molar-refractivity contribution in [2.24, 2.45) is 0 Å². The van der Waals surface area contributed by atoms with E-state index in [9.17, 15) is 4.79 Å². The highest BCUT2D eigenvalue weighted by Gasteiger charge is 2.33. The number of imidazole rings is 1. The highest BCUT2D eigenvalue weighted by molar-refractivity contribution is 6.30. The normalized spacial score (nSPS) is 14.0. The summed E-state index contributed by atoms with van der Waals surface area (Å²) in [4.78, 5) is 13.1. The average molecular weight is 396 g/mol. The maximum atomic E-state index is 13.1. The van der Waals surface area contributed by atoms with E-state index in [1.165, 1.54) is 5.82 Å². The van der Waals surface area contributed by atoms with Crippen LogP contribution in [0.15, 0.2) is 54.7 Å². The van der Waals surface area contributed by atoms with Crippen LogP contribution in [0.1, 0.15) is 42.5 Å². The molecule has 28 heavy (non-hydrogen) atoms. The molecule has 2 aromatic carbocycles. The van der Waals surface area contributed by atoms with Crippen LogP contribution in [0.2, 0.25) is 5.02 Å². The monoisotopic (exact) mass is 395 g/mol. The number of rotatable bonds is 6. The molecule has 2 heterocycles. The predicted octanol–water partition coefficient (Wildman–Crippen LogP) is 4.88. The number of ether oxygens (including phenoxy) is 1. The minimum atomic E-state index is -0.265. The van der Waals surface area contributed by atoms with Crippen molar-refractivity contribution < 1.29 is 14.1 Å². The summed E-state index contributed by atoms with van der Waals surface area (Å²) in [6.45, 7) is 5.52. The maximum Gasteiger partial charge on any atom is 0.257 e. The van der Waals surface area contributed by atoms with Gasteiger partial charge < -0.3 is 4.74 Å². The second-order valence-corrected chi connectivity index (χ2v) is 7.53. The Kier molecular flexibility index (Phi) is 5.23. The second kappa shape index (κ2) is 7.80. The van der Waals surface area contributed by atoms with E-state index in [4.69, 9.17) is 16.3 Å². The van der Waals surface area contributed by atoms with Crippen molar-refractivity contribution in [2.45, 2.75) is 39.3 Å². The van der Waals surface area contributed by atoms with E-state index < -0.39 is 0 Å². The number of aromatic nitrogens is 2. The minimum absolute atomic E-state index is 0.107. The van der Waals surface area contributed by atoms with Gasteiger partial charge in [-0.25, -0.2) is 9.13 Å².